The molecule has 0 aromatic heterocycles. The van der Waals surface area contributed by atoms with E-state index < -0.39 is 56.6 Å². The molecule has 0 aromatic rings. The lowest BCUT2D eigenvalue weighted by Crippen LogP contribution is -2.33. The Labute approximate surface area is 122 Å². The number of nitrogens with two attached hydrogens (primary N) is 2. The van der Waals surface area contributed by atoms with Crippen molar-refractivity contribution in [3.63, 3.8) is 0 Å². The number of carboxylic acid groups (broad SMARTS) is 3. The number of phosphoric acid groups is 1. The molecule has 0 aliphatic carbocycles. The zero-order valence-corrected chi connectivity index (χ0v) is 11.8. The predicted octanol–water partition coefficient (Wildman–Crippen LogP) is -2.70. The highest BCUT2D eigenvalue weighted by molar-refractivity contribution is 7.46. The summed E-state index contributed by atoms with van der Waals surface area (Å²) in [5.41, 5.74) is 9.76. The highest BCUT2D eigenvalue weighted by Crippen LogP contribution is 2.36. The topological polar surface area (TPSA) is 248 Å². The SMILES string of the molecule is N[C@@H](CC(=O)O)C(=O)O.N[C@@H](CC(=O)O)C(=O)OP(=O)(O)O. The average Bonchev–Trinajstić information content (AvgIpc) is 2.25. The van der Waals surface area contributed by atoms with Gasteiger partial charge in [-0.05, 0) is 0 Å². The Balaban J connectivity index is 0. The average molecular weight is 346 g/mol. The second-order valence-corrected chi connectivity index (χ2v) is 4.81. The molecule has 22 heavy (non-hydrogen) atoms. The maximum atomic E-state index is 10.6. The molecule has 0 aliphatic rings. The fourth-order valence-corrected chi connectivity index (χ4v) is 1.10. The molecule has 0 bridgehead atoms. The zero-order chi connectivity index (χ0) is 18.1. The van der Waals surface area contributed by atoms with Crippen LogP contribution in [0.1, 0.15) is 12.8 Å². The molecular formula is C8H15N2O11P. The largest absolute Gasteiger partial charge is 0.527 e. The molecule has 0 amide bonds. The van der Waals surface area contributed by atoms with Gasteiger partial charge in [0.05, 0.1) is 12.8 Å². The number of rotatable bonds is 7. The number of hydrogen-bond donors (Lipinski definition) is 7. The number of hydrogen-bond acceptors (Lipinski definition) is 8. The van der Waals surface area contributed by atoms with Crippen LogP contribution in [0.3, 0.4) is 0 Å². The third-order valence-corrected chi connectivity index (χ3v) is 2.04. The summed E-state index contributed by atoms with van der Waals surface area (Å²) in [4.78, 5) is 56.5. The summed E-state index contributed by atoms with van der Waals surface area (Å²) in [6, 6.07) is -2.87. The van der Waals surface area contributed by atoms with E-state index in [9.17, 15) is 23.7 Å². The summed E-state index contributed by atoms with van der Waals surface area (Å²) in [7, 11) is -4.94. The lowest BCUT2D eigenvalue weighted by Gasteiger charge is -2.08. The van der Waals surface area contributed by atoms with Gasteiger partial charge in [-0.1, -0.05) is 0 Å². The molecule has 0 saturated carbocycles. The Morgan fingerprint density at radius 2 is 1.27 bits per heavy atom. The van der Waals surface area contributed by atoms with E-state index in [-0.39, 0.29) is 0 Å². The molecule has 2 atom stereocenters. The summed E-state index contributed by atoms with van der Waals surface area (Å²) in [6.45, 7) is 0. The number of aliphatic carboxylic acids is 3. The molecule has 0 fully saturated rings. The van der Waals surface area contributed by atoms with Gasteiger partial charge in [-0.2, -0.15) is 0 Å². The number of phosphoric ester groups is 1. The van der Waals surface area contributed by atoms with Crippen LogP contribution in [0.25, 0.3) is 0 Å². The van der Waals surface area contributed by atoms with E-state index in [0.717, 1.165) is 0 Å². The van der Waals surface area contributed by atoms with Crippen molar-refractivity contribution in [3.8, 4) is 0 Å². The molecular weight excluding hydrogens is 331 g/mol. The van der Waals surface area contributed by atoms with E-state index >= 15 is 0 Å². The third kappa shape index (κ3) is 14.4. The van der Waals surface area contributed by atoms with Crippen molar-refractivity contribution in [2.24, 2.45) is 11.5 Å². The van der Waals surface area contributed by atoms with Gasteiger partial charge in [0, 0.05) is 0 Å². The van der Waals surface area contributed by atoms with Crippen LogP contribution >= 0.6 is 7.82 Å². The molecule has 0 spiro atoms. The van der Waals surface area contributed by atoms with E-state index in [2.05, 4.69) is 4.52 Å². The molecule has 0 saturated heterocycles. The summed E-state index contributed by atoms with van der Waals surface area (Å²) in [6.07, 6.45) is -1.28. The van der Waals surface area contributed by atoms with Crippen LogP contribution in [0.5, 0.6) is 0 Å². The molecule has 128 valence electrons. The Bertz CT molecular complexity index is 473. The second-order valence-electron chi connectivity index (χ2n) is 3.65. The standard InChI is InChI=1S/C4H8NO7P.C4H7NO4/c5-2(1-3(6)7)4(8)12-13(9,10)11;5-2(4(8)9)1-3(6)7/h2H,1,5H2,(H,6,7)(H2,9,10,11);2H,1,5H2,(H,6,7)(H,8,9)/t2*2-/m00/s1. The smallest absolute Gasteiger partial charge is 0.481 e. The Hall–Kier alpha value is -2.05. The van der Waals surface area contributed by atoms with Crippen molar-refractivity contribution < 1.29 is 53.4 Å². The van der Waals surface area contributed by atoms with Gasteiger partial charge >= 0.3 is 31.7 Å². The minimum atomic E-state index is -4.94. The van der Waals surface area contributed by atoms with Crippen molar-refractivity contribution >= 4 is 31.7 Å². The van der Waals surface area contributed by atoms with Crippen LogP contribution in [0.2, 0.25) is 0 Å². The van der Waals surface area contributed by atoms with Crippen molar-refractivity contribution in [1.29, 1.82) is 0 Å². The maximum Gasteiger partial charge on any atom is 0.527 e. The fraction of sp³-hybridized carbons (Fsp3) is 0.500. The van der Waals surface area contributed by atoms with Gasteiger partial charge < -0.3 is 31.3 Å². The number of carbonyl (C=O) groups excluding carboxylic acids is 1. The maximum absolute atomic E-state index is 10.6. The molecule has 0 aromatic carbocycles. The van der Waals surface area contributed by atoms with Crippen LogP contribution in [0, 0.1) is 0 Å². The van der Waals surface area contributed by atoms with Crippen LogP contribution in [-0.4, -0.2) is 61.1 Å². The van der Waals surface area contributed by atoms with Crippen molar-refractivity contribution in [3.05, 3.63) is 0 Å². The van der Waals surface area contributed by atoms with Crippen LogP contribution in [-0.2, 0) is 28.3 Å². The molecule has 9 N–H and O–H groups in total. The summed E-state index contributed by atoms with van der Waals surface area (Å²) < 4.78 is 13.6. The molecule has 14 heteroatoms. The van der Waals surface area contributed by atoms with Crippen molar-refractivity contribution in [2.75, 3.05) is 0 Å². The normalized spacial score (nSPS) is 13.1. The molecule has 0 radical (unpaired) electrons. The van der Waals surface area contributed by atoms with Crippen molar-refractivity contribution in [1.82, 2.24) is 0 Å². The van der Waals surface area contributed by atoms with E-state index in [1.165, 1.54) is 0 Å². The molecule has 0 aliphatic heterocycles. The minimum Gasteiger partial charge on any atom is -0.481 e. The highest BCUT2D eigenvalue weighted by Gasteiger charge is 2.26. The van der Waals surface area contributed by atoms with Crippen LogP contribution < -0.4 is 11.5 Å². The summed E-state index contributed by atoms with van der Waals surface area (Å²) in [5.74, 6) is -5.31. The molecule has 0 unspecified atom stereocenters. The first-order valence-corrected chi connectivity index (χ1v) is 6.75. The molecule has 0 rings (SSSR count). The lowest BCUT2D eigenvalue weighted by molar-refractivity contribution is -0.144. The fourth-order valence-electron chi connectivity index (χ4n) is 0.732. The van der Waals surface area contributed by atoms with Gasteiger partial charge in [0.25, 0.3) is 0 Å². The molecule has 0 heterocycles. The van der Waals surface area contributed by atoms with E-state index in [1.807, 2.05) is 0 Å². The Kier molecular flexibility index (Phi) is 9.91. The van der Waals surface area contributed by atoms with Crippen LogP contribution in [0.15, 0.2) is 0 Å². The van der Waals surface area contributed by atoms with E-state index in [1.54, 1.807) is 0 Å². The van der Waals surface area contributed by atoms with Gasteiger partial charge in [-0.15, -0.1) is 0 Å². The molecule has 13 nitrogen and oxygen atoms in total. The zero-order valence-electron chi connectivity index (χ0n) is 10.9. The number of carbonyl (C=O) groups is 4. The predicted molar refractivity (Wildman–Crippen MR) is 66.2 cm³/mol. The first-order valence-electron chi connectivity index (χ1n) is 5.22. The van der Waals surface area contributed by atoms with Crippen molar-refractivity contribution in [2.45, 2.75) is 24.9 Å². The van der Waals surface area contributed by atoms with Gasteiger partial charge in [-0.3, -0.25) is 24.2 Å². The lowest BCUT2D eigenvalue weighted by atomic mass is 10.2. The first kappa shape index (κ1) is 22.2. The van der Waals surface area contributed by atoms with Gasteiger partial charge in [0.15, 0.2) is 0 Å². The summed E-state index contributed by atoms with van der Waals surface area (Å²) in [5, 5.41) is 24.2. The Morgan fingerprint density at radius 1 is 0.909 bits per heavy atom. The monoisotopic (exact) mass is 346 g/mol. The summed E-state index contributed by atoms with van der Waals surface area (Å²) >= 11 is 0. The van der Waals surface area contributed by atoms with Crippen LogP contribution in [0.4, 0.5) is 0 Å². The number of carboxylic acids is 3. The second kappa shape index (κ2) is 9.81. The van der Waals surface area contributed by atoms with Gasteiger partial charge in [0.1, 0.15) is 12.1 Å². The van der Waals surface area contributed by atoms with E-state index in [0.29, 0.717) is 0 Å². The Morgan fingerprint density at radius 3 is 1.50 bits per heavy atom. The van der Waals surface area contributed by atoms with E-state index in [4.69, 9.17) is 36.6 Å². The first-order chi connectivity index (χ1) is 9.76. The minimum absolute atomic E-state index is 0.532. The highest BCUT2D eigenvalue weighted by atomic mass is 31.2. The third-order valence-electron chi connectivity index (χ3n) is 1.62. The van der Waals surface area contributed by atoms with Gasteiger partial charge in [0.2, 0.25) is 0 Å². The van der Waals surface area contributed by atoms with Gasteiger partial charge in [-0.25, -0.2) is 9.36 Å². The quantitative estimate of drug-likeness (QED) is 0.232.